The van der Waals surface area contributed by atoms with Crippen LogP contribution in [-0.2, 0) is 9.53 Å². The number of ether oxygens (including phenoxy) is 1. The van der Waals surface area contributed by atoms with Crippen LogP contribution in [0.25, 0.3) is 0 Å². The van der Waals surface area contributed by atoms with Gasteiger partial charge in [-0.15, -0.1) is 0 Å². The topological polar surface area (TPSA) is 58.6 Å². The SMILES string of the molecule is COC(=O)CNc1ccc(C(=O)N2CCCC[C@H]2C)c(Cl)c1. The van der Waals surface area contributed by atoms with Crippen molar-refractivity contribution in [2.75, 3.05) is 25.5 Å². The summed E-state index contributed by atoms with van der Waals surface area (Å²) in [7, 11) is 1.33. The number of carbonyl (C=O) groups is 2. The molecule has 1 aliphatic rings. The lowest BCUT2D eigenvalue weighted by atomic mass is 10.0. The third-order valence-electron chi connectivity index (χ3n) is 3.93. The Morgan fingerprint density at radius 1 is 1.41 bits per heavy atom. The Morgan fingerprint density at radius 3 is 2.82 bits per heavy atom. The fraction of sp³-hybridized carbons (Fsp3) is 0.500. The zero-order valence-electron chi connectivity index (χ0n) is 12.9. The molecule has 1 aliphatic heterocycles. The van der Waals surface area contributed by atoms with Gasteiger partial charge in [0.15, 0.2) is 0 Å². The maximum atomic E-state index is 12.6. The van der Waals surface area contributed by atoms with Crippen LogP contribution in [0.1, 0.15) is 36.5 Å². The molecule has 0 radical (unpaired) electrons. The second kappa shape index (κ2) is 7.49. The number of benzene rings is 1. The van der Waals surface area contributed by atoms with E-state index in [9.17, 15) is 9.59 Å². The summed E-state index contributed by atoms with van der Waals surface area (Å²) in [6.07, 6.45) is 3.23. The van der Waals surface area contributed by atoms with Gasteiger partial charge in [-0.05, 0) is 44.4 Å². The number of esters is 1. The van der Waals surface area contributed by atoms with Crippen molar-refractivity contribution in [1.29, 1.82) is 0 Å². The number of rotatable bonds is 4. The first-order valence-electron chi connectivity index (χ1n) is 7.44. The Hall–Kier alpha value is -1.75. The van der Waals surface area contributed by atoms with Gasteiger partial charge in [-0.3, -0.25) is 9.59 Å². The molecule has 0 bridgehead atoms. The molecule has 1 aromatic carbocycles. The summed E-state index contributed by atoms with van der Waals surface area (Å²) < 4.78 is 4.56. The summed E-state index contributed by atoms with van der Waals surface area (Å²) in [6.45, 7) is 2.90. The average Bonchev–Trinajstić information content (AvgIpc) is 2.52. The van der Waals surface area contributed by atoms with Gasteiger partial charge in [0, 0.05) is 18.3 Å². The molecule has 0 saturated carbocycles. The van der Waals surface area contributed by atoms with Gasteiger partial charge >= 0.3 is 5.97 Å². The molecule has 1 atom stereocenters. The molecule has 0 aromatic heterocycles. The fourth-order valence-corrected chi connectivity index (χ4v) is 2.86. The third-order valence-corrected chi connectivity index (χ3v) is 4.24. The highest BCUT2D eigenvalue weighted by Gasteiger charge is 2.25. The zero-order valence-corrected chi connectivity index (χ0v) is 13.7. The summed E-state index contributed by atoms with van der Waals surface area (Å²) in [6, 6.07) is 5.35. The first-order valence-corrected chi connectivity index (χ1v) is 7.82. The minimum absolute atomic E-state index is 0.0308. The van der Waals surface area contributed by atoms with Crippen molar-refractivity contribution in [3.05, 3.63) is 28.8 Å². The molecule has 120 valence electrons. The van der Waals surface area contributed by atoms with Gasteiger partial charge in [-0.25, -0.2) is 0 Å². The van der Waals surface area contributed by atoms with E-state index in [1.54, 1.807) is 18.2 Å². The minimum atomic E-state index is -0.363. The molecule has 5 nitrogen and oxygen atoms in total. The largest absolute Gasteiger partial charge is 0.468 e. The van der Waals surface area contributed by atoms with Crippen LogP contribution in [0.2, 0.25) is 5.02 Å². The Morgan fingerprint density at radius 2 is 2.18 bits per heavy atom. The van der Waals surface area contributed by atoms with E-state index in [0.717, 1.165) is 25.8 Å². The van der Waals surface area contributed by atoms with E-state index in [-0.39, 0.29) is 24.5 Å². The number of likely N-dealkylation sites (tertiary alicyclic amines) is 1. The van der Waals surface area contributed by atoms with E-state index in [2.05, 4.69) is 17.0 Å². The highest BCUT2D eigenvalue weighted by molar-refractivity contribution is 6.34. The monoisotopic (exact) mass is 324 g/mol. The third kappa shape index (κ3) is 3.91. The molecule has 1 N–H and O–H groups in total. The Labute approximate surface area is 135 Å². The molecule has 2 rings (SSSR count). The number of hydrogen-bond acceptors (Lipinski definition) is 4. The minimum Gasteiger partial charge on any atom is -0.468 e. The molecule has 0 aliphatic carbocycles. The molecule has 6 heteroatoms. The number of nitrogens with zero attached hydrogens (tertiary/aromatic N) is 1. The van der Waals surface area contributed by atoms with E-state index in [1.807, 2.05) is 4.90 Å². The molecule has 1 amide bonds. The molecule has 1 fully saturated rings. The lowest BCUT2D eigenvalue weighted by Crippen LogP contribution is -2.42. The number of halogens is 1. The maximum Gasteiger partial charge on any atom is 0.325 e. The first-order chi connectivity index (χ1) is 10.5. The number of piperidine rings is 1. The van der Waals surface area contributed by atoms with Crippen LogP contribution in [0.4, 0.5) is 5.69 Å². The smallest absolute Gasteiger partial charge is 0.325 e. The Kier molecular flexibility index (Phi) is 5.66. The van der Waals surface area contributed by atoms with Gasteiger partial charge in [0.2, 0.25) is 0 Å². The highest BCUT2D eigenvalue weighted by atomic mass is 35.5. The van der Waals surface area contributed by atoms with Crippen molar-refractivity contribution >= 4 is 29.2 Å². The van der Waals surface area contributed by atoms with Gasteiger partial charge in [-0.1, -0.05) is 11.6 Å². The van der Waals surface area contributed by atoms with Crippen LogP contribution in [0, 0.1) is 0 Å². The summed E-state index contributed by atoms with van der Waals surface area (Å²) >= 11 is 6.24. The fourth-order valence-electron chi connectivity index (χ4n) is 2.60. The predicted molar refractivity (Wildman–Crippen MR) is 86.3 cm³/mol. The molecule has 22 heavy (non-hydrogen) atoms. The molecule has 1 aromatic rings. The van der Waals surface area contributed by atoms with Crippen molar-refractivity contribution in [3.8, 4) is 0 Å². The van der Waals surface area contributed by atoms with Gasteiger partial charge in [0.25, 0.3) is 5.91 Å². The van der Waals surface area contributed by atoms with Crippen LogP contribution < -0.4 is 5.32 Å². The molecule has 0 unspecified atom stereocenters. The summed E-state index contributed by atoms with van der Waals surface area (Å²) in [4.78, 5) is 25.6. The van der Waals surface area contributed by atoms with Crippen LogP contribution >= 0.6 is 11.6 Å². The van der Waals surface area contributed by atoms with Crippen LogP contribution in [0.3, 0.4) is 0 Å². The Balaban J connectivity index is 2.08. The molecule has 1 heterocycles. The van der Waals surface area contributed by atoms with E-state index >= 15 is 0 Å². The molecular formula is C16H21ClN2O3. The van der Waals surface area contributed by atoms with E-state index in [0.29, 0.717) is 16.3 Å². The number of anilines is 1. The van der Waals surface area contributed by atoms with Crippen molar-refractivity contribution in [2.45, 2.75) is 32.2 Å². The number of nitrogens with one attached hydrogen (secondary N) is 1. The quantitative estimate of drug-likeness (QED) is 0.865. The van der Waals surface area contributed by atoms with Crippen LogP contribution in [0.5, 0.6) is 0 Å². The number of methoxy groups -OCH3 is 1. The number of hydrogen-bond donors (Lipinski definition) is 1. The van der Waals surface area contributed by atoms with Crippen LogP contribution in [0.15, 0.2) is 18.2 Å². The standard InChI is InChI=1S/C16H21ClN2O3/c1-11-5-3-4-8-19(11)16(21)13-7-6-12(9-14(13)17)18-10-15(20)22-2/h6-7,9,11,18H,3-5,8,10H2,1-2H3/t11-/m1/s1. The zero-order chi connectivity index (χ0) is 16.1. The lowest BCUT2D eigenvalue weighted by molar-refractivity contribution is -0.138. The number of amides is 1. The first kappa shape index (κ1) is 16.6. The Bertz CT molecular complexity index is 562. The van der Waals surface area contributed by atoms with Crippen molar-refractivity contribution in [2.24, 2.45) is 0 Å². The van der Waals surface area contributed by atoms with E-state index < -0.39 is 0 Å². The summed E-state index contributed by atoms with van der Waals surface area (Å²) in [5.74, 6) is -0.393. The van der Waals surface area contributed by atoms with Gasteiger partial charge in [0.1, 0.15) is 6.54 Å². The molecule has 0 spiro atoms. The van der Waals surface area contributed by atoms with E-state index in [4.69, 9.17) is 11.6 Å². The molecule has 1 saturated heterocycles. The van der Waals surface area contributed by atoms with E-state index in [1.165, 1.54) is 7.11 Å². The number of carbonyl (C=O) groups excluding carboxylic acids is 2. The summed E-state index contributed by atoms with van der Waals surface area (Å²) in [5, 5.41) is 3.29. The van der Waals surface area contributed by atoms with Crippen molar-refractivity contribution < 1.29 is 14.3 Å². The normalized spacial score (nSPS) is 18.0. The molecular weight excluding hydrogens is 304 g/mol. The predicted octanol–water partition coefficient (Wildman–Crippen LogP) is 2.94. The van der Waals surface area contributed by atoms with Crippen molar-refractivity contribution in [3.63, 3.8) is 0 Å². The summed E-state index contributed by atoms with van der Waals surface area (Å²) in [5.41, 5.74) is 1.18. The highest BCUT2D eigenvalue weighted by Crippen LogP contribution is 2.25. The lowest BCUT2D eigenvalue weighted by Gasteiger charge is -2.33. The maximum absolute atomic E-state index is 12.6. The van der Waals surface area contributed by atoms with Gasteiger partial charge in [0.05, 0.1) is 17.7 Å². The van der Waals surface area contributed by atoms with Crippen LogP contribution in [-0.4, -0.2) is 43.0 Å². The second-order valence-corrected chi connectivity index (χ2v) is 5.87. The average molecular weight is 325 g/mol. The van der Waals surface area contributed by atoms with Gasteiger partial charge < -0.3 is 15.0 Å². The van der Waals surface area contributed by atoms with Gasteiger partial charge in [-0.2, -0.15) is 0 Å². The second-order valence-electron chi connectivity index (χ2n) is 5.47. The van der Waals surface area contributed by atoms with Crippen molar-refractivity contribution in [1.82, 2.24) is 4.90 Å².